The van der Waals surface area contributed by atoms with Gasteiger partial charge in [0.05, 0.1) is 43.2 Å². The van der Waals surface area contributed by atoms with Crippen LogP contribution in [0.1, 0.15) is 36.2 Å². The van der Waals surface area contributed by atoms with Crippen molar-refractivity contribution in [1.29, 1.82) is 0 Å². The van der Waals surface area contributed by atoms with Gasteiger partial charge >= 0.3 is 0 Å². The molecule has 0 unspecified atom stereocenters. The van der Waals surface area contributed by atoms with Crippen molar-refractivity contribution >= 4 is 16.8 Å². The SMILES string of the molecule is COc1cnc2ccc(F)c(CN[C@@H]3CC[C@@H](NCc4cnc5c(n4)CC(=O)CO5)C[C@@H]3O)c2n1. The van der Waals surface area contributed by atoms with Crippen molar-refractivity contribution in [3.05, 3.63) is 47.3 Å². The zero-order valence-corrected chi connectivity index (χ0v) is 19.3. The number of hydrogen-bond acceptors (Lipinski definition) is 10. The predicted octanol–water partition coefficient (Wildman–Crippen LogP) is 1.23. The number of Topliss-reactive ketones (excluding diaryl/α,β-unsaturated/α-hetero) is 1. The second-order valence-corrected chi connectivity index (χ2v) is 8.87. The molecule has 1 aromatic carbocycles. The number of aliphatic hydroxyl groups excluding tert-OH is 1. The van der Waals surface area contributed by atoms with Gasteiger partial charge in [-0.3, -0.25) is 4.79 Å². The van der Waals surface area contributed by atoms with E-state index < -0.39 is 6.10 Å². The maximum Gasteiger partial charge on any atom is 0.236 e. The van der Waals surface area contributed by atoms with E-state index in [1.54, 1.807) is 12.3 Å². The van der Waals surface area contributed by atoms with E-state index in [0.29, 0.717) is 47.0 Å². The molecule has 1 aliphatic heterocycles. The first-order chi connectivity index (χ1) is 17.0. The number of benzene rings is 1. The zero-order chi connectivity index (χ0) is 24.4. The number of nitrogens with zero attached hydrogens (tertiary/aromatic N) is 4. The van der Waals surface area contributed by atoms with Crippen LogP contribution >= 0.6 is 0 Å². The lowest BCUT2D eigenvalue weighted by molar-refractivity contribution is -0.121. The van der Waals surface area contributed by atoms with E-state index in [1.165, 1.54) is 19.4 Å². The molecule has 184 valence electrons. The molecule has 0 spiro atoms. The number of methoxy groups -OCH3 is 1. The number of fused-ring (bicyclic) bond motifs is 2. The largest absolute Gasteiger partial charge is 0.480 e. The Balaban J connectivity index is 1.16. The molecule has 0 bridgehead atoms. The van der Waals surface area contributed by atoms with Gasteiger partial charge < -0.3 is 25.2 Å². The fourth-order valence-corrected chi connectivity index (χ4v) is 4.58. The Labute approximate surface area is 201 Å². The van der Waals surface area contributed by atoms with Gasteiger partial charge in [-0.2, -0.15) is 0 Å². The van der Waals surface area contributed by atoms with E-state index in [1.807, 2.05) is 0 Å². The predicted molar refractivity (Wildman–Crippen MR) is 123 cm³/mol. The van der Waals surface area contributed by atoms with Crippen molar-refractivity contribution in [3.63, 3.8) is 0 Å². The summed E-state index contributed by atoms with van der Waals surface area (Å²) >= 11 is 0. The lowest BCUT2D eigenvalue weighted by Gasteiger charge is -2.34. The molecule has 0 amide bonds. The van der Waals surface area contributed by atoms with E-state index in [0.717, 1.165) is 18.5 Å². The van der Waals surface area contributed by atoms with Crippen molar-refractivity contribution < 1.29 is 23.8 Å². The normalized spacial score (nSPS) is 22.0. The van der Waals surface area contributed by atoms with Crippen molar-refractivity contribution in [1.82, 2.24) is 30.6 Å². The Morgan fingerprint density at radius 2 is 2.06 bits per heavy atom. The van der Waals surface area contributed by atoms with Crippen LogP contribution in [-0.2, 0) is 24.3 Å². The molecule has 2 aromatic heterocycles. The Bertz CT molecular complexity index is 1240. The highest BCUT2D eigenvalue weighted by Gasteiger charge is 2.29. The third-order valence-electron chi connectivity index (χ3n) is 6.47. The fourth-order valence-electron chi connectivity index (χ4n) is 4.58. The van der Waals surface area contributed by atoms with Gasteiger partial charge in [0.15, 0.2) is 5.78 Å². The van der Waals surface area contributed by atoms with Crippen LogP contribution in [0, 0.1) is 5.82 Å². The molecule has 5 rings (SSSR count). The molecule has 3 atom stereocenters. The molecule has 2 aliphatic rings. The quantitative estimate of drug-likeness (QED) is 0.452. The number of hydrogen-bond donors (Lipinski definition) is 3. The minimum Gasteiger partial charge on any atom is -0.480 e. The molecular weight excluding hydrogens is 455 g/mol. The molecule has 3 N–H and O–H groups in total. The summed E-state index contributed by atoms with van der Waals surface area (Å²) in [6.07, 6.45) is 4.88. The molecule has 3 aromatic rings. The highest BCUT2D eigenvalue weighted by atomic mass is 19.1. The third-order valence-corrected chi connectivity index (χ3v) is 6.47. The Kier molecular flexibility index (Phi) is 6.80. The molecule has 10 nitrogen and oxygen atoms in total. The van der Waals surface area contributed by atoms with Crippen LogP contribution in [0.25, 0.3) is 11.0 Å². The van der Waals surface area contributed by atoms with Gasteiger partial charge in [-0.15, -0.1) is 0 Å². The number of aromatic nitrogens is 4. The molecule has 0 radical (unpaired) electrons. The first-order valence-corrected chi connectivity index (χ1v) is 11.6. The maximum absolute atomic E-state index is 14.6. The minimum absolute atomic E-state index is 0.0135. The molecule has 1 fully saturated rings. The smallest absolute Gasteiger partial charge is 0.236 e. The van der Waals surface area contributed by atoms with Gasteiger partial charge in [-0.25, -0.2) is 24.3 Å². The molecule has 1 aliphatic carbocycles. The number of rotatable bonds is 7. The molecule has 11 heteroatoms. The van der Waals surface area contributed by atoms with Crippen molar-refractivity contribution in [2.24, 2.45) is 0 Å². The Morgan fingerprint density at radius 3 is 2.89 bits per heavy atom. The van der Waals surface area contributed by atoms with Crippen LogP contribution in [0.5, 0.6) is 11.8 Å². The number of aliphatic hydroxyl groups is 1. The number of carbonyl (C=O) groups is 1. The van der Waals surface area contributed by atoms with Gasteiger partial charge in [-0.05, 0) is 31.4 Å². The first-order valence-electron chi connectivity index (χ1n) is 11.6. The number of halogens is 1. The molecule has 1 saturated carbocycles. The van der Waals surface area contributed by atoms with E-state index in [4.69, 9.17) is 9.47 Å². The topological polar surface area (TPSA) is 131 Å². The van der Waals surface area contributed by atoms with E-state index in [9.17, 15) is 14.3 Å². The van der Waals surface area contributed by atoms with Crippen LogP contribution in [0.2, 0.25) is 0 Å². The third kappa shape index (κ3) is 5.21. The molecule has 35 heavy (non-hydrogen) atoms. The standard InChI is InChI=1S/C24H27FN6O4/c1-34-22-11-28-19-5-3-17(25)16(23(19)31-22)10-27-18-4-2-13(6-21(18)33)26-8-14-9-29-24-20(30-14)7-15(32)12-35-24/h3,5,9,11,13,18,21,26-27,33H,2,4,6-8,10,12H2,1H3/t13-,18-,21+/m1/s1. The summed E-state index contributed by atoms with van der Waals surface area (Å²) in [5, 5.41) is 17.5. The Hall–Kier alpha value is -3.28. The van der Waals surface area contributed by atoms with Crippen LogP contribution in [0.3, 0.4) is 0 Å². The van der Waals surface area contributed by atoms with Crippen molar-refractivity contribution in [2.75, 3.05) is 13.7 Å². The summed E-state index contributed by atoms with van der Waals surface area (Å²) < 4.78 is 25.0. The number of nitrogens with one attached hydrogen (secondary N) is 2. The van der Waals surface area contributed by atoms with E-state index in [-0.39, 0.29) is 43.3 Å². The fraction of sp³-hybridized carbons (Fsp3) is 0.458. The molecular formula is C24H27FN6O4. The van der Waals surface area contributed by atoms with Crippen LogP contribution in [0.15, 0.2) is 24.5 Å². The molecule has 0 saturated heterocycles. The monoisotopic (exact) mass is 482 g/mol. The first kappa shape index (κ1) is 23.5. The summed E-state index contributed by atoms with van der Waals surface area (Å²) in [5.74, 6) is 0.345. The second kappa shape index (κ2) is 10.1. The summed E-state index contributed by atoms with van der Waals surface area (Å²) in [4.78, 5) is 29.0. The summed E-state index contributed by atoms with van der Waals surface area (Å²) in [7, 11) is 1.49. The zero-order valence-electron chi connectivity index (χ0n) is 19.3. The highest BCUT2D eigenvalue weighted by molar-refractivity contribution is 5.83. The average molecular weight is 483 g/mol. The summed E-state index contributed by atoms with van der Waals surface area (Å²) in [6.45, 7) is 0.741. The van der Waals surface area contributed by atoms with Gasteiger partial charge in [-0.1, -0.05) is 0 Å². The van der Waals surface area contributed by atoms with Gasteiger partial charge in [0, 0.05) is 30.7 Å². The highest BCUT2D eigenvalue weighted by Crippen LogP contribution is 2.24. The maximum atomic E-state index is 14.6. The number of ketones is 1. The number of ether oxygens (including phenoxy) is 2. The van der Waals surface area contributed by atoms with Crippen molar-refractivity contribution in [3.8, 4) is 11.8 Å². The van der Waals surface area contributed by atoms with Crippen LogP contribution < -0.4 is 20.1 Å². The van der Waals surface area contributed by atoms with Gasteiger partial charge in [0.2, 0.25) is 11.8 Å². The lowest BCUT2D eigenvalue weighted by Crippen LogP contribution is -2.48. The van der Waals surface area contributed by atoms with Crippen LogP contribution in [-0.4, -0.2) is 62.7 Å². The van der Waals surface area contributed by atoms with Crippen molar-refractivity contribution in [2.45, 2.75) is 57.0 Å². The van der Waals surface area contributed by atoms with Gasteiger partial charge in [0.25, 0.3) is 0 Å². The minimum atomic E-state index is -0.597. The molecule has 3 heterocycles. The average Bonchev–Trinajstić information content (AvgIpc) is 2.87. The van der Waals surface area contributed by atoms with Gasteiger partial charge in [0.1, 0.15) is 23.6 Å². The van der Waals surface area contributed by atoms with E-state index >= 15 is 0 Å². The van der Waals surface area contributed by atoms with E-state index in [2.05, 4.69) is 30.6 Å². The second-order valence-electron chi connectivity index (χ2n) is 8.87. The summed E-state index contributed by atoms with van der Waals surface area (Å²) in [6, 6.07) is 2.89. The summed E-state index contributed by atoms with van der Waals surface area (Å²) in [5.41, 5.74) is 2.71. The lowest BCUT2D eigenvalue weighted by atomic mass is 9.88. The van der Waals surface area contributed by atoms with Crippen LogP contribution in [0.4, 0.5) is 4.39 Å². The Morgan fingerprint density at radius 1 is 1.17 bits per heavy atom. The number of carbonyl (C=O) groups excluding carboxylic acids is 1.